The molecular formula is C20H20N4O2. The summed E-state index contributed by atoms with van der Waals surface area (Å²) in [5.74, 6) is -0.752. The average molecular weight is 348 g/mol. The van der Waals surface area contributed by atoms with Crippen LogP contribution in [0.4, 0.5) is 5.69 Å². The number of aromatic amines is 1. The first-order valence-corrected chi connectivity index (χ1v) is 8.13. The molecule has 0 aliphatic carbocycles. The van der Waals surface area contributed by atoms with E-state index in [1.165, 1.54) is 0 Å². The van der Waals surface area contributed by atoms with Crippen molar-refractivity contribution < 1.29 is 9.59 Å². The number of benzene rings is 2. The number of rotatable bonds is 5. The largest absolute Gasteiger partial charge is 0.366 e. The van der Waals surface area contributed by atoms with Crippen molar-refractivity contribution in [3.63, 3.8) is 0 Å². The van der Waals surface area contributed by atoms with E-state index >= 15 is 0 Å². The lowest BCUT2D eigenvalue weighted by molar-refractivity contribution is -0.112. The minimum atomic E-state index is -0.495. The van der Waals surface area contributed by atoms with Crippen LogP contribution in [0.3, 0.4) is 0 Å². The van der Waals surface area contributed by atoms with Gasteiger partial charge in [-0.25, -0.2) is 0 Å². The number of fused-ring (bicyclic) bond motifs is 1. The number of hydrogen-bond donors (Lipinski definition) is 4. The van der Waals surface area contributed by atoms with E-state index in [-0.39, 0.29) is 12.5 Å². The quantitative estimate of drug-likeness (QED) is 0.531. The van der Waals surface area contributed by atoms with Crippen molar-refractivity contribution in [3.05, 3.63) is 65.9 Å². The fourth-order valence-corrected chi connectivity index (χ4v) is 3.00. The molecule has 0 aliphatic rings. The van der Waals surface area contributed by atoms with Crippen molar-refractivity contribution in [2.45, 2.75) is 13.5 Å². The molecule has 1 heterocycles. The van der Waals surface area contributed by atoms with Crippen molar-refractivity contribution in [1.29, 1.82) is 0 Å². The maximum Gasteiger partial charge on any atom is 0.250 e. The molecule has 0 aliphatic heterocycles. The number of hydrogen-bond acceptors (Lipinski definition) is 3. The fraction of sp³-hybridized carbons (Fsp3) is 0.100. The molecule has 0 saturated heterocycles. The molecule has 0 bridgehead atoms. The van der Waals surface area contributed by atoms with Gasteiger partial charge in [0.05, 0.1) is 11.1 Å². The summed E-state index contributed by atoms with van der Waals surface area (Å²) in [6.45, 7) is 5.54. The SMILES string of the molecule is C=C(C)C(=O)Nc1cccc(-c2ccc(C(N)=O)c3[nH]ccc23)c1CN. The Hall–Kier alpha value is -3.38. The average Bonchev–Trinajstić information content (AvgIpc) is 3.10. The summed E-state index contributed by atoms with van der Waals surface area (Å²) in [6, 6.07) is 11.0. The highest BCUT2D eigenvalue weighted by Gasteiger charge is 2.16. The van der Waals surface area contributed by atoms with Gasteiger partial charge in [-0.3, -0.25) is 9.59 Å². The Morgan fingerprint density at radius 1 is 1.15 bits per heavy atom. The summed E-state index contributed by atoms with van der Waals surface area (Å²) >= 11 is 0. The van der Waals surface area contributed by atoms with Crippen LogP contribution in [0.5, 0.6) is 0 Å². The third-order valence-corrected chi connectivity index (χ3v) is 4.29. The van der Waals surface area contributed by atoms with E-state index in [1.54, 1.807) is 25.3 Å². The van der Waals surface area contributed by atoms with Crippen LogP contribution >= 0.6 is 0 Å². The Balaban J connectivity index is 2.19. The standard InChI is InChI=1S/C20H20N4O2/c1-11(2)20(26)24-17-5-3-4-12(16(17)10-21)13-6-7-15(19(22)25)18-14(13)8-9-23-18/h3-9,23H,1,10,21H2,2H3,(H2,22,25)(H,24,26). The van der Waals surface area contributed by atoms with E-state index in [0.29, 0.717) is 22.3 Å². The summed E-state index contributed by atoms with van der Waals surface area (Å²) in [5, 5.41) is 3.70. The van der Waals surface area contributed by atoms with Gasteiger partial charge in [0, 0.05) is 29.4 Å². The monoisotopic (exact) mass is 348 g/mol. The van der Waals surface area contributed by atoms with E-state index in [0.717, 1.165) is 22.1 Å². The van der Waals surface area contributed by atoms with Gasteiger partial charge < -0.3 is 21.8 Å². The molecule has 0 saturated carbocycles. The number of carbonyl (C=O) groups is 2. The zero-order chi connectivity index (χ0) is 18.8. The van der Waals surface area contributed by atoms with Crippen LogP contribution < -0.4 is 16.8 Å². The van der Waals surface area contributed by atoms with Crippen LogP contribution in [0.2, 0.25) is 0 Å². The van der Waals surface area contributed by atoms with Crippen molar-refractivity contribution >= 4 is 28.4 Å². The van der Waals surface area contributed by atoms with Gasteiger partial charge in [0.25, 0.3) is 11.8 Å². The van der Waals surface area contributed by atoms with Gasteiger partial charge in [0.1, 0.15) is 0 Å². The summed E-state index contributed by atoms with van der Waals surface area (Å²) in [4.78, 5) is 26.7. The Kier molecular flexibility index (Phi) is 4.60. The van der Waals surface area contributed by atoms with Crippen molar-refractivity contribution in [1.82, 2.24) is 4.98 Å². The number of nitrogens with one attached hydrogen (secondary N) is 2. The predicted molar refractivity (Wildman–Crippen MR) is 104 cm³/mol. The highest BCUT2D eigenvalue weighted by atomic mass is 16.2. The number of anilines is 1. The predicted octanol–water partition coefficient (Wildman–Crippen LogP) is 2.91. The first kappa shape index (κ1) is 17.4. The van der Waals surface area contributed by atoms with Crippen LogP contribution in [0.25, 0.3) is 22.0 Å². The molecule has 0 radical (unpaired) electrons. The highest BCUT2D eigenvalue weighted by Crippen LogP contribution is 2.35. The molecule has 6 nitrogen and oxygen atoms in total. The minimum Gasteiger partial charge on any atom is -0.366 e. The molecule has 0 fully saturated rings. The van der Waals surface area contributed by atoms with Crippen LogP contribution in [0.1, 0.15) is 22.8 Å². The van der Waals surface area contributed by atoms with E-state index in [4.69, 9.17) is 11.5 Å². The molecule has 2 amide bonds. The van der Waals surface area contributed by atoms with E-state index in [9.17, 15) is 9.59 Å². The number of carbonyl (C=O) groups excluding carboxylic acids is 2. The zero-order valence-electron chi connectivity index (χ0n) is 14.4. The summed E-state index contributed by atoms with van der Waals surface area (Å²) < 4.78 is 0. The van der Waals surface area contributed by atoms with Gasteiger partial charge >= 0.3 is 0 Å². The number of amides is 2. The van der Waals surface area contributed by atoms with Crippen LogP contribution in [0, 0.1) is 0 Å². The lowest BCUT2D eigenvalue weighted by Crippen LogP contribution is -2.15. The Bertz CT molecular complexity index is 1030. The van der Waals surface area contributed by atoms with E-state index in [2.05, 4.69) is 16.9 Å². The highest BCUT2D eigenvalue weighted by molar-refractivity contribution is 6.10. The van der Waals surface area contributed by atoms with Crippen LogP contribution in [0.15, 0.2) is 54.7 Å². The van der Waals surface area contributed by atoms with E-state index in [1.807, 2.05) is 24.3 Å². The lowest BCUT2D eigenvalue weighted by Gasteiger charge is -2.16. The van der Waals surface area contributed by atoms with Gasteiger partial charge in [-0.15, -0.1) is 0 Å². The molecule has 1 aromatic heterocycles. The van der Waals surface area contributed by atoms with Crippen LogP contribution in [-0.2, 0) is 11.3 Å². The minimum absolute atomic E-state index is 0.242. The van der Waals surface area contributed by atoms with E-state index < -0.39 is 5.91 Å². The van der Waals surface area contributed by atoms with Gasteiger partial charge in [-0.2, -0.15) is 0 Å². The van der Waals surface area contributed by atoms with Crippen LogP contribution in [-0.4, -0.2) is 16.8 Å². The second-order valence-corrected chi connectivity index (χ2v) is 6.06. The molecule has 3 aromatic rings. The topological polar surface area (TPSA) is 114 Å². The molecular weight excluding hydrogens is 328 g/mol. The number of nitrogens with two attached hydrogens (primary N) is 2. The fourth-order valence-electron chi connectivity index (χ4n) is 3.00. The number of primary amides is 1. The Morgan fingerprint density at radius 3 is 2.58 bits per heavy atom. The maximum absolute atomic E-state index is 12.0. The summed E-state index contributed by atoms with van der Waals surface area (Å²) in [7, 11) is 0. The normalized spacial score (nSPS) is 10.7. The number of aromatic nitrogens is 1. The van der Waals surface area contributed by atoms with Crippen molar-refractivity contribution in [3.8, 4) is 11.1 Å². The van der Waals surface area contributed by atoms with Gasteiger partial charge in [0.15, 0.2) is 0 Å². The van der Waals surface area contributed by atoms with Crippen molar-refractivity contribution in [2.75, 3.05) is 5.32 Å². The molecule has 0 unspecified atom stereocenters. The molecule has 3 rings (SSSR count). The summed E-state index contributed by atoms with van der Waals surface area (Å²) in [5.41, 5.74) is 16.2. The Morgan fingerprint density at radius 2 is 1.92 bits per heavy atom. The molecule has 0 spiro atoms. The summed E-state index contributed by atoms with van der Waals surface area (Å²) in [6.07, 6.45) is 1.76. The third kappa shape index (κ3) is 2.98. The first-order valence-electron chi connectivity index (χ1n) is 8.13. The van der Waals surface area contributed by atoms with Gasteiger partial charge in [0.2, 0.25) is 0 Å². The first-order chi connectivity index (χ1) is 12.4. The zero-order valence-corrected chi connectivity index (χ0v) is 14.4. The molecule has 0 atom stereocenters. The smallest absolute Gasteiger partial charge is 0.250 e. The lowest BCUT2D eigenvalue weighted by atomic mass is 9.94. The number of H-pyrrole nitrogens is 1. The molecule has 6 N–H and O–H groups in total. The van der Waals surface area contributed by atoms with Gasteiger partial charge in [-0.1, -0.05) is 24.8 Å². The maximum atomic E-state index is 12.0. The third-order valence-electron chi connectivity index (χ3n) is 4.29. The second-order valence-electron chi connectivity index (χ2n) is 6.06. The van der Waals surface area contributed by atoms with Crippen molar-refractivity contribution in [2.24, 2.45) is 11.5 Å². The molecule has 132 valence electrons. The Labute approximate surface area is 150 Å². The molecule has 26 heavy (non-hydrogen) atoms. The molecule has 2 aromatic carbocycles. The molecule has 6 heteroatoms. The second kappa shape index (κ2) is 6.85. The van der Waals surface area contributed by atoms with Gasteiger partial charge in [-0.05, 0) is 41.8 Å².